The molecule has 0 radical (unpaired) electrons. The van der Waals surface area contributed by atoms with Crippen LogP contribution in [0.5, 0.6) is 0 Å². The highest BCUT2D eigenvalue weighted by Crippen LogP contribution is 2.20. The molecule has 2 N–H and O–H groups in total. The molecule has 1 aromatic heterocycles. The Kier molecular flexibility index (Phi) is 6.86. The first-order valence-electron chi connectivity index (χ1n) is 9.78. The summed E-state index contributed by atoms with van der Waals surface area (Å²) >= 11 is 0. The number of carbonyl (C=O) groups excluding carboxylic acids is 2. The average Bonchev–Trinajstić information content (AvgIpc) is 3.27. The van der Waals surface area contributed by atoms with Crippen LogP contribution in [-0.2, 0) is 9.59 Å². The number of amides is 2. The zero-order chi connectivity index (χ0) is 23.4. The molecule has 2 aromatic carbocycles. The minimum Gasteiger partial charge on any atom is -0.345 e. The number of hydrogen-bond acceptors (Lipinski definition) is 5. The maximum absolute atomic E-state index is 13.6. The molecule has 0 aliphatic rings. The maximum atomic E-state index is 13.6. The third-order valence-electron chi connectivity index (χ3n) is 4.72. The minimum atomic E-state index is -1.70. The Hall–Kier alpha value is -3.76. The van der Waals surface area contributed by atoms with Crippen molar-refractivity contribution in [1.29, 1.82) is 0 Å². The highest BCUT2D eigenvalue weighted by atomic mass is 19.2. The summed E-state index contributed by atoms with van der Waals surface area (Å²) in [5, 5.41) is 16.5. The monoisotopic (exact) mass is 446 g/mol. The van der Waals surface area contributed by atoms with Gasteiger partial charge in [-0.1, -0.05) is 38.1 Å². The summed E-state index contributed by atoms with van der Waals surface area (Å²) in [4.78, 5) is 25.4. The molecule has 32 heavy (non-hydrogen) atoms. The van der Waals surface area contributed by atoms with Crippen molar-refractivity contribution in [1.82, 2.24) is 25.5 Å². The number of tetrazole rings is 1. The number of hydrogen-bond donors (Lipinski definition) is 2. The van der Waals surface area contributed by atoms with E-state index in [1.165, 1.54) is 6.92 Å². The van der Waals surface area contributed by atoms with E-state index in [-0.39, 0.29) is 0 Å². The summed E-state index contributed by atoms with van der Waals surface area (Å²) in [5.74, 6) is -5.30. The van der Waals surface area contributed by atoms with Gasteiger partial charge in [0, 0.05) is 5.56 Å². The smallest absolute Gasteiger partial charge is 0.246 e. The highest BCUT2D eigenvalue weighted by Gasteiger charge is 2.20. The second kappa shape index (κ2) is 9.58. The number of benzene rings is 2. The van der Waals surface area contributed by atoms with E-state index in [0.717, 1.165) is 22.0 Å². The molecule has 11 heteroatoms. The molecule has 8 nitrogen and oxygen atoms in total. The van der Waals surface area contributed by atoms with Gasteiger partial charge in [-0.25, -0.2) is 13.2 Å². The third-order valence-corrected chi connectivity index (χ3v) is 4.72. The van der Waals surface area contributed by atoms with Gasteiger partial charge >= 0.3 is 0 Å². The third kappa shape index (κ3) is 5.10. The number of carbonyl (C=O) groups is 2. The molecule has 0 saturated carbocycles. The van der Waals surface area contributed by atoms with Crippen LogP contribution in [0.3, 0.4) is 0 Å². The van der Waals surface area contributed by atoms with E-state index in [9.17, 15) is 22.8 Å². The van der Waals surface area contributed by atoms with Crippen LogP contribution in [0.2, 0.25) is 0 Å². The quantitative estimate of drug-likeness (QED) is 0.543. The molecule has 0 bridgehead atoms. The Labute approximate surface area is 181 Å². The van der Waals surface area contributed by atoms with Crippen molar-refractivity contribution in [2.45, 2.75) is 32.7 Å². The van der Waals surface area contributed by atoms with Crippen molar-refractivity contribution >= 4 is 17.5 Å². The first kappa shape index (κ1) is 22.9. The van der Waals surface area contributed by atoms with E-state index in [2.05, 4.69) is 39.9 Å². The lowest BCUT2D eigenvalue weighted by molar-refractivity contribution is -0.126. The van der Waals surface area contributed by atoms with Crippen molar-refractivity contribution in [3.05, 3.63) is 59.4 Å². The van der Waals surface area contributed by atoms with Crippen LogP contribution in [0.25, 0.3) is 11.4 Å². The molecule has 3 rings (SSSR count). The van der Waals surface area contributed by atoms with Gasteiger partial charge in [-0.3, -0.25) is 9.59 Å². The largest absolute Gasteiger partial charge is 0.345 e. The molecule has 0 aliphatic carbocycles. The first-order valence-corrected chi connectivity index (χ1v) is 9.78. The second-order valence-corrected chi connectivity index (χ2v) is 7.38. The van der Waals surface area contributed by atoms with E-state index in [4.69, 9.17) is 0 Å². The Morgan fingerprint density at radius 1 is 1.00 bits per heavy atom. The lowest BCUT2D eigenvalue weighted by Gasteiger charge is -2.11. The number of nitrogens with one attached hydrogen (secondary N) is 2. The van der Waals surface area contributed by atoms with E-state index in [1.54, 1.807) is 0 Å². The molecule has 0 saturated heterocycles. The van der Waals surface area contributed by atoms with Crippen molar-refractivity contribution in [3.63, 3.8) is 0 Å². The predicted molar refractivity (Wildman–Crippen MR) is 110 cm³/mol. The molecule has 3 aromatic rings. The van der Waals surface area contributed by atoms with Gasteiger partial charge in [0.25, 0.3) is 0 Å². The summed E-state index contributed by atoms with van der Waals surface area (Å²) in [6.07, 6.45) is 0. The van der Waals surface area contributed by atoms with E-state index in [1.807, 2.05) is 24.3 Å². The van der Waals surface area contributed by atoms with Crippen molar-refractivity contribution < 1.29 is 22.8 Å². The fourth-order valence-electron chi connectivity index (χ4n) is 2.76. The Morgan fingerprint density at radius 2 is 1.69 bits per heavy atom. The van der Waals surface area contributed by atoms with Crippen LogP contribution in [0, 0.1) is 17.5 Å². The number of aromatic nitrogens is 4. The predicted octanol–water partition coefficient (Wildman–Crippen LogP) is 3.20. The fraction of sp³-hybridized carbons (Fsp3) is 0.286. The minimum absolute atomic E-state index is 0.339. The van der Waals surface area contributed by atoms with Gasteiger partial charge < -0.3 is 10.6 Å². The summed E-state index contributed by atoms with van der Waals surface area (Å²) in [6.45, 7) is 5.15. The lowest BCUT2D eigenvalue weighted by atomic mass is 10.0. The molecule has 2 amide bonds. The normalized spacial score (nSPS) is 12.0. The Bertz CT molecular complexity index is 1130. The zero-order valence-electron chi connectivity index (χ0n) is 17.6. The number of nitrogens with zero attached hydrogens (tertiary/aromatic N) is 4. The molecule has 0 unspecified atom stereocenters. The Morgan fingerprint density at radius 3 is 2.34 bits per heavy atom. The number of rotatable bonds is 7. The summed E-state index contributed by atoms with van der Waals surface area (Å²) in [5.41, 5.74) is 1.36. The van der Waals surface area contributed by atoms with Crippen molar-refractivity contribution in [2.75, 3.05) is 11.9 Å². The average molecular weight is 446 g/mol. The van der Waals surface area contributed by atoms with Crippen LogP contribution in [0.4, 0.5) is 18.9 Å². The summed E-state index contributed by atoms with van der Waals surface area (Å²) in [7, 11) is 0. The SMILES string of the molecule is CC(C)c1ccc(-c2nnn([C@H](C)C(=O)NCC(=O)Nc3ccc(F)c(F)c3F)n2)cc1. The van der Waals surface area contributed by atoms with Gasteiger partial charge in [0.1, 0.15) is 6.04 Å². The van der Waals surface area contributed by atoms with Crippen LogP contribution in [0.15, 0.2) is 36.4 Å². The van der Waals surface area contributed by atoms with Gasteiger partial charge in [-0.05, 0) is 35.8 Å². The molecule has 168 valence electrons. The summed E-state index contributed by atoms with van der Waals surface area (Å²) in [6, 6.07) is 8.33. The molecular weight excluding hydrogens is 425 g/mol. The van der Waals surface area contributed by atoms with Gasteiger partial charge in [0.2, 0.25) is 17.6 Å². The fourth-order valence-corrected chi connectivity index (χ4v) is 2.76. The number of halogens is 3. The topological polar surface area (TPSA) is 102 Å². The summed E-state index contributed by atoms with van der Waals surface area (Å²) < 4.78 is 39.8. The lowest BCUT2D eigenvalue weighted by Crippen LogP contribution is -2.37. The van der Waals surface area contributed by atoms with E-state index < -0.39 is 47.5 Å². The second-order valence-electron chi connectivity index (χ2n) is 7.38. The van der Waals surface area contributed by atoms with Crippen molar-refractivity contribution in [2.24, 2.45) is 0 Å². The Balaban J connectivity index is 1.58. The van der Waals surface area contributed by atoms with Gasteiger partial charge in [0.05, 0.1) is 12.2 Å². The maximum Gasteiger partial charge on any atom is 0.246 e. The molecular formula is C21H21F3N6O2. The van der Waals surface area contributed by atoms with Gasteiger partial charge in [0.15, 0.2) is 17.5 Å². The molecule has 0 spiro atoms. The van der Waals surface area contributed by atoms with Crippen LogP contribution in [-0.4, -0.2) is 38.6 Å². The number of anilines is 1. The van der Waals surface area contributed by atoms with E-state index in [0.29, 0.717) is 17.8 Å². The van der Waals surface area contributed by atoms with Crippen molar-refractivity contribution in [3.8, 4) is 11.4 Å². The molecule has 1 heterocycles. The van der Waals surface area contributed by atoms with Gasteiger partial charge in [-0.2, -0.15) is 4.80 Å². The van der Waals surface area contributed by atoms with E-state index >= 15 is 0 Å². The highest BCUT2D eigenvalue weighted by molar-refractivity contribution is 5.95. The van der Waals surface area contributed by atoms with Crippen LogP contribution >= 0.6 is 0 Å². The first-order chi connectivity index (χ1) is 15.2. The molecule has 0 fully saturated rings. The standard InChI is InChI=1S/C21H21F3N6O2/c1-11(2)13-4-6-14(7-5-13)20-27-29-30(28-20)12(3)21(32)25-10-17(31)26-16-9-8-15(22)18(23)19(16)24/h4-9,11-12H,10H2,1-3H3,(H,25,32)(H,26,31)/t12-/m1/s1. The van der Waals surface area contributed by atoms with Crippen LogP contribution in [0.1, 0.15) is 38.3 Å². The molecule has 0 aliphatic heterocycles. The van der Waals surface area contributed by atoms with Gasteiger partial charge in [-0.15, -0.1) is 10.2 Å². The van der Waals surface area contributed by atoms with Crippen LogP contribution < -0.4 is 10.6 Å². The molecule has 1 atom stereocenters. The zero-order valence-corrected chi connectivity index (χ0v) is 17.6.